The predicted molar refractivity (Wildman–Crippen MR) is 96.3 cm³/mol. The molecule has 1 N–H and O–H groups in total. The summed E-state index contributed by atoms with van der Waals surface area (Å²) in [7, 11) is 0. The number of aromatic nitrogens is 3. The molecule has 5 heteroatoms. The van der Waals surface area contributed by atoms with Gasteiger partial charge in [-0.1, -0.05) is 11.2 Å². The third-order valence-corrected chi connectivity index (χ3v) is 3.95. The Hall–Kier alpha value is -2.82. The zero-order valence-corrected chi connectivity index (χ0v) is 14.3. The fourth-order valence-corrected chi connectivity index (χ4v) is 2.88. The molecule has 0 aliphatic rings. The van der Waals surface area contributed by atoms with Crippen LogP contribution < -0.4 is 5.32 Å². The number of fused-ring (bicyclic) bond motifs is 2. The van der Waals surface area contributed by atoms with Crippen LogP contribution in [0.3, 0.4) is 0 Å². The zero-order chi connectivity index (χ0) is 16.9. The van der Waals surface area contributed by atoms with E-state index < -0.39 is 0 Å². The molecule has 0 saturated heterocycles. The Kier molecular flexibility index (Phi) is 3.13. The smallest absolute Gasteiger partial charge is 0.167 e. The van der Waals surface area contributed by atoms with Crippen molar-refractivity contribution < 1.29 is 4.52 Å². The molecule has 1 aromatic carbocycles. The fraction of sp³-hybridized carbons (Fsp3) is 0.263. The molecule has 4 aromatic rings. The highest BCUT2D eigenvalue weighted by molar-refractivity contribution is 5.87. The highest BCUT2D eigenvalue weighted by atomic mass is 16.5. The Morgan fingerprint density at radius 1 is 1.12 bits per heavy atom. The Morgan fingerprint density at radius 2 is 1.96 bits per heavy atom. The van der Waals surface area contributed by atoms with E-state index in [1.807, 2.05) is 43.5 Å². The third-order valence-electron chi connectivity index (χ3n) is 3.95. The van der Waals surface area contributed by atoms with Crippen molar-refractivity contribution in [3.63, 3.8) is 0 Å². The topological polar surface area (TPSA) is 55.4 Å². The molecule has 0 saturated carbocycles. The maximum atomic E-state index is 5.32. The van der Waals surface area contributed by atoms with E-state index in [1.54, 1.807) is 0 Å². The van der Waals surface area contributed by atoms with Gasteiger partial charge in [-0.25, -0.2) is 4.98 Å². The van der Waals surface area contributed by atoms with E-state index in [2.05, 4.69) is 41.7 Å². The van der Waals surface area contributed by atoms with Crippen molar-refractivity contribution in [3.05, 3.63) is 48.3 Å². The van der Waals surface area contributed by atoms with Crippen molar-refractivity contribution in [1.29, 1.82) is 0 Å². The minimum absolute atomic E-state index is 0.0717. The third kappa shape index (κ3) is 2.42. The molecule has 0 unspecified atom stereocenters. The van der Waals surface area contributed by atoms with Gasteiger partial charge in [0.15, 0.2) is 5.58 Å². The number of anilines is 1. The maximum Gasteiger partial charge on any atom is 0.167 e. The lowest BCUT2D eigenvalue weighted by molar-refractivity contribution is 0.450. The van der Waals surface area contributed by atoms with Gasteiger partial charge in [-0.05, 0) is 58.0 Å². The lowest BCUT2D eigenvalue weighted by Gasteiger charge is -2.22. The van der Waals surface area contributed by atoms with E-state index in [-0.39, 0.29) is 5.54 Å². The maximum absolute atomic E-state index is 5.32. The summed E-state index contributed by atoms with van der Waals surface area (Å²) >= 11 is 0. The van der Waals surface area contributed by atoms with Crippen LogP contribution in [-0.4, -0.2) is 20.1 Å². The molecule has 0 aliphatic carbocycles. The molecule has 0 fully saturated rings. The number of nitrogens with one attached hydrogen (secondary N) is 1. The van der Waals surface area contributed by atoms with Crippen LogP contribution in [0.25, 0.3) is 27.9 Å². The summed E-state index contributed by atoms with van der Waals surface area (Å²) < 4.78 is 7.41. The van der Waals surface area contributed by atoms with Gasteiger partial charge in [-0.15, -0.1) is 0 Å². The molecule has 0 aliphatic heterocycles. The average Bonchev–Trinajstić information content (AvgIpc) is 3.08. The molecule has 0 atom stereocenters. The normalized spacial score (nSPS) is 12.2. The summed E-state index contributed by atoms with van der Waals surface area (Å²) in [5, 5.41) is 8.65. The van der Waals surface area contributed by atoms with E-state index in [0.717, 1.165) is 39.4 Å². The number of hydrogen-bond acceptors (Lipinski definition) is 4. The fourth-order valence-electron chi connectivity index (χ4n) is 2.88. The number of hydrogen-bond donors (Lipinski definition) is 1. The van der Waals surface area contributed by atoms with E-state index in [9.17, 15) is 0 Å². The molecule has 4 rings (SSSR count). The van der Waals surface area contributed by atoms with Crippen LogP contribution in [0.2, 0.25) is 0 Å². The Balaban J connectivity index is 1.96. The van der Waals surface area contributed by atoms with Gasteiger partial charge in [-0.3, -0.25) is 4.40 Å². The number of benzene rings is 1. The second kappa shape index (κ2) is 5.09. The molecule has 0 amide bonds. The first-order valence-electron chi connectivity index (χ1n) is 8.04. The van der Waals surface area contributed by atoms with Crippen LogP contribution >= 0.6 is 0 Å². The van der Waals surface area contributed by atoms with Gasteiger partial charge in [0.2, 0.25) is 0 Å². The number of pyridine rings is 1. The van der Waals surface area contributed by atoms with Gasteiger partial charge in [0.25, 0.3) is 0 Å². The molecule has 3 heterocycles. The number of rotatable bonds is 2. The largest absolute Gasteiger partial charge is 0.365 e. The lowest BCUT2D eigenvalue weighted by Crippen LogP contribution is -2.27. The molecule has 3 aromatic heterocycles. The molecule has 122 valence electrons. The van der Waals surface area contributed by atoms with Crippen LogP contribution in [0.5, 0.6) is 0 Å². The van der Waals surface area contributed by atoms with Crippen molar-refractivity contribution in [2.75, 3.05) is 5.32 Å². The van der Waals surface area contributed by atoms with E-state index >= 15 is 0 Å². The first kappa shape index (κ1) is 14.8. The number of imidazole rings is 1. The first-order valence-corrected chi connectivity index (χ1v) is 8.04. The van der Waals surface area contributed by atoms with Crippen LogP contribution in [0.15, 0.2) is 47.1 Å². The summed E-state index contributed by atoms with van der Waals surface area (Å²) in [5.74, 6) is 0.992. The summed E-state index contributed by atoms with van der Waals surface area (Å²) in [6, 6.07) is 12.1. The Bertz CT molecular complexity index is 1040. The summed E-state index contributed by atoms with van der Waals surface area (Å²) in [6.07, 6.45) is 2.03. The average molecular weight is 320 g/mol. The Morgan fingerprint density at radius 3 is 2.75 bits per heavy atom. The van der Waals surface area contributed by atoms with Crippen molar-refractivity contribution in [3.8, 4) is 11.3 Å². The van der Waals surface area contributed by atoms with Gasteiger partial charge in [0.1, 0.15) is 17.2 Å². The van der Waals surface area contributed by atoms with Crippen molar-refractivity contribution >= 4 is 22.4 Å². The van der Waals surface area contributed by atoms with E-state index in [4.69, 9.17) is 9.51 Å². The number of nitrogens with zero attached hydrogens (tertiary/aromatic N) is 3. The minimum atomic E-state index is -0.0717. The standard InChI is InChI=1S/C19H20N4O/c1-12-14-11-13(8-9-15(14)24-22-12)17-18(21-19(2,3)4)23-10-6-5-7-16(23)20-17/h5-11,21H,1-4H3. The molecule has 0 radical (unpaired) electrons. The van der Waals surface area contributed by atoms with Gasteiger partial charge in [0.05, 0.1) is 5.69 Å². The monoisotopic (exact) mass is 320 g/mol. The van der Waals surface area contributed by atoms with Gasteiger partial charge >= 0.3 is 0 Å². The second-order valence-electron chi connectivity index (χ2n) is 7.09. The molecular formula is C19H20N4O. The predicted octanol–water partition coefficient (Wildman–Crippen LogP) is 4.66. The van der Waals surface area contributed by atoms with Crippen molar-refractivity contribution in [2.24, 2.45) is 0 Å². The molecule has 0 spiro atoms. The van der Waals surface area contributed by atoms with Gasteiger partial charge in [0, 0.05) is 22.7 Å². The summed E-state index contributed by atoms with van der Waals surface area (Å²) in [6.45, 7) is 8.39. The van der Waals surface area contributed by atoms with Crippen molar-refractivity contribution in [1.82, 2.24) is 14.5 Å². The highest BCUT2D eigenvalue weighted by Crippen LogP contribution is 2.33. The SMILES string of the molecule is Cc1noc2ccc(-c3nc4ccccn4c3NC(C)(C)C)cc12. The first-order chi connectivity index (χ1) is 11.4. The summed E-state index contributed by atoms with van der Waals surface area (Å²) in [5.41, 5.74) is 4.51. The van der Waals surface area contributed by atoms with Crippen LogP contribution in [-0.2, 0) is 0 Å². The van der Waals surface area contributed by atoms with E-state index in [0.29, 0.717) is 0 Å². The Labute approximate surface area is 140 Å². The molecule has 5 nitrogen and oxygen atoms in total. The zero-order valence-electron chi connectivity index (χ0n) is 14.3. The van der Waals surface area contributed by atoms with Crippen LogP contribution in [0.4, 0.5) is 5.82 Å². The minimum Gasteiger partial charge on any atom is -0.365 e. The quantitative estimate of drug-likeness (QED) is 0.583. The van der Waals surface area contributed by atoms with Gasteiger partial charge < -0.3 is 9.84 Å². The highest BCUT2D eigenvalue weighted by Gasteiger charge is 2.19. The molecule has 0 bridgehead atoms. The summed E-state index contributed by atoms with van der Waals surface area (Å²) in [4.78, 5) is 4.84. The number of aryl methyl sites for hydroxylation is 1. The lowest BCUT2D eigenvalue weighted by atomic mass is 10.1. The van der Waals surface area contributed by atoms with E-state index in [1.165, 1.54) is 0 Å². The second-order valence-corrected chi connectivity index (χ2v) is 7.09. The molecule has 24 heavy (non-hydrogen) atoms. The van der Waals surface area contributed by atoms with Crippen LogP contribution in [0, 0.1) is 6.92 Å². The molecular weight excluding hydrogens is 300 g/mol. The van der Waals surface area contributed by atoms with Crippen molar-refractivity contribution in [2.45, 2.75) is 33.2 Å². The van der Waals surface area contributed by atoms with Crippen LogP contribution in [0.1, 0.15) is 26.5 Å². The van der Waals surface area contributed by atoms with Gasteiger partial charge in [-0.2, -0.15) is 0 Å².